The molecular formula is C25H23F2NOS3. The molecule has 0 N–H and O–H groups in total. The normalized spacial score (nSPS) is 14.0. The third-order valence-electron chi connectivity index (χ3n) is 4.68. The molecular weight excluding hydrogens is 464 g/mol. The van der Waals surface area contributed by atoms with Gasteiger partial charge in [0.1, 0.15) is 11.6 Å². The quantitative estimate of drug-likeness (QED) is 0.0947. The van der Waals surface area contributed by atoms with Gasteiger partial charge < -0.3 is 4.74 Å². The lowest BCUT2D eigenvalue weighted by Crippen LogP contribution is -2.13. The minimum Gasteiger partial charge on any atom is -0.480 e. The first-order chi connectivity index (χ1) is 15.6. The van der Waals surface area contributed by atoms with Crippen LogP contribution in [-0.4, -0.2) is 17.1 Å². The van der Waals surface area contributed by atoms with Crippen LogP contribution >= 0.6 is 35.5 Å². The molecule has 4 rings (SSSR count). The lowest BCUT2D eigenvalue weighted by atomic mass is 10.3. The predicted octanol–water partition coefficient (Wildman–Crippen LogP) is 8.10. The van der Waals surface area contributed by atoms with Crippen LogP contribution in [0.3, 0.4) is 0 Å². The summed E-state index contributed by atoms with van der Waals surface area (Å²) in [4.78, 5) is 2.97. The Morgan fingerprint density at radius 1 is 0.812 bits per heavy atom. The van der Waals surface area contributed by atoms with Gasteiger partial charge in [-0.15, -0.1) is 23.5 Å². The van der Waals surface area contributed by atoms with Crippen molar-refractivity contribution in [3.8, 4) is 0 Å². The Hall–Kier alpha value is -1.96. The third kappa shape index (κ3) is 7.87. The minimum absolute atomic E-state index is 0.0280. The van der Waals surface area contributed by atoms with Crippen LogP contribution in [0.25, 0.3) is 0 Å². The van der Waals surface area contributed by atoms with Crippen LogP contribution in [0.2, 0.25) is 0 Å². The van der Waals surface area contributed by atoms with E-state index in [9.17, 15) is 8.78 Å². The molecule has 3 aromatic carbocycles. The largest absolute Gasteiger partial charge is 0.480 e. The Morgan fingerprint density at radius 3 is 1.91 bits per heavy atom. The molecule has 0 saturated heterocycles. The first kappa shape index (κ1) is 23.2. The molecule has 1 fully saturated rings. The number of rotatable bonds is 10. The standard InChI is InChI=1S/C25H23F2NOS3/c26-19-8-12-21(13-9-19)30-25(31-22-14-10-20(27)11-15-22)16-24(29-17-18-6-7-18)28-32-23-4-2-1-3-5-23/h1-5,8-15,18,25H,6-7,16-17H2/b28-24-. The summed E-state index contributed by atoms with van der Waals surface area (Å²) in [6.45, 7) is 0.684. The van der Waals surface area contributed by atoms with Gasteiger partial charge in [0.2, 0.25) is 0 Å². The van der Waals surface area contributed by atoms with E-state index >= 15 is 0 Å². The highest BCUT2D eigenvalue weighted by molar-refractivity contribution is 8.17. The number of hydrogen-bond acceptors (Lipinski definition) is 5. The summed E-state index contributed by atoms with van der Waals surface area (Å²) in [7, 11) is 0. The Morgan fingerprint density at radius 2 is 1.38 bits per heavy atom. The topological polar surface area (TPSA) is 21.6 Å². The molecule has 0 spiro atoms. The zero-order valence-corrected chi connectivity index (χ0v) is 19.8. The molecule has 0 radical (unpaired) electrons. The number of thioether (sulfide) groups is 2. The van der Waals surface area contributed by atoms with Gasteiger partial charge in [-0.2, -0.15) is 4.40 Å². The van der Waals surface area contributed by atoms with Crippen LogP contribution in [-0.2, 0) is 4.74 Å². The third-order valence-corrected chi connectivity index (χ3v) is 7.99. The maximum absolute atomic E-state index is 13.4. The van der Waals surface area contributed by atoms with E-state index in [1.165, 1.54) is 49.1 Å². The molecule has 0 aromatic heterocycles. The van der Waals surface area contributed by atoms with Crippen molar-refractivity contribution in [2.45, 2.75) is 38.5 Å². The van der Waals surface area contributed by atoms with Gasteiger partial charge in [0.25, 0.3) is 0 Å². The maximum Gasteiger partial charge on any atom is 0.197 e. The van der Waals surface area contributed by atoms with E-state index in [-0.39, 0.29) is 16.2 Å². The van der Waals surface area contributed by atoms with Gasteiger partial charge in [-0.1, -0.05) is 18.2 Å². The molecule has 7 heteroatoms. The summed E-state index contributed by atoms with van der Waals surface area (Å²) in [6.07, 6.45) is 3.00. The van der Waals surface area contributed by atoms with E-state index in [2.05, 4.69) is 0 Å². The Labute approximate surface area is 200 Å². The monoisotopic (exact) mass is 487 g/mol. The van der Waals surface area contributed by atoms with Gasteiger partial charge in [-0.05, 0) is 79.4 Å². The van der Waals surface area contributed by atoms with Crippen LogP contribution in [0, 0.1) is 17.6 Å². The minimum atomic E-state index is -0.258. The molecule has 2 nitrogen and oxygen atoms in total. The highest BCUT2D eigenvalue weighted by atomic mass is 32.2. The summed E-state index contributed by atoms with van der Waals surface area (Å²) in [6, 6.07) is 23.0. The second-order valence-electron chi connectivity index (χ2n) is 7.42. The van der Waals surface area contributed by atoms with E-state index in [1.807, 2.05) is 30.3 Å². The predicted molar refractivity (Wildman–Crippen MR) is 131 cm³/mol. The van der Waals surface area contributed by atoms with Crippen LogP contribution in [0.15, 0.2) is 97.9 Å². The van der Waals surface area contributed by atoms with Crippen molar-refractivity contribution in [2.24, 2.45) is 10.3 Å². The average molecular weight is 488 g/mol. The SMILES string of the molecule is Fc1ccc(SC(C/C(=N/Sc2ccccc2)OCC2CC2)Sc2ccc(F)cc2)cc1. The van der Waals surface area contributed by atoms with Crippen molar-refractivity contribution in [2.75, 3.05) is 6.61 Å². The molecule has 0 aliphatic heterocycles. The van der Waals surface area contributed by atoms with Gasteiger partial charge >= 0.3 is 0 Å². The van der Waals surface area contributed by atoms with Crippen LogP contribution in [0.1, 0.15) is 19.3 Å². The molecule has 0 amide bonds. The molecule has 1 saturated carbocycles. The molecule has 1 aliphatic carbocycles. The van der Waals surface area contributed by atoms with Crippen molar-refractivity contribution < 1.29 is 13.5 Å². The fourth-order valence-electron chi connectivity index (χ4n) is 2.79. The summed E-state index contributed by atoms with van der Waals surface area (Å²) in [5.41, 5.74) is 0. The van der Waals surface area contributed by atoms with E-state index < -0.39 is 0 Å². The Bertz CT molecular complexity index is 962. The van der Waals surface area contributed by atoms with E-state index in [0.29, 0.717) is 24.8 Å². The van der Waals surface area contributed by atoms with Crippen LogP contribution in [0.4, 0.5) is 8.78 Å². The van der Waals surface area contributed by atoms with E-state index in [0.717, 1.165) is 14.7 Å². The first-order valence-electron chi connectivity index (χ1n) is 10.4. The van der Waals surface area contributed by atoms with Crippen LogP contribution < -0.4 is 0 Å². The van der Waals surface area contributed by atoms with Gasteiger partial charge in [0, 0.05) is 33.1 Å². The van der Waals surface area contributed by atoms with Crippen LogP contribution in [0.5, 0.6) is 0 Å². The maximum atomic E-state index is 13.4. The highest BCUT2D eigenvalue weighted by Gasteiger charge is 2.24. The summed E-state index contributed by atoms with van der Waals surface area (Å²) >= 11 is 4.66. The lowest BCUT2D eigenvalue weighted by molar-refractivity contribution is 0.281. The van der Waals surface area contributed by atoms with Gasteiger partial charge in [-0.25, -0.2) is 8.78 Å². The van der Waals surface area contributed by atoms with E-state index in [1.54, 1.807) is 47.8 Å². The number of ether oxygens (including phenoxy) is 1. The van der Waals surface area contributed by atoms with Crippen molar-refractivity contribution in [3.05, 3.63) is 90.5 Å². The van der Waals surface area contributed by atoms with Crippen molar-refractivity contribution in [1.29, 1.82) is 0 Å². The number of benzene rings is 3. The molecule has 0 bridgehead atoms. The highest BCUT2D eigenvalue weighted by Crippen LogP contribution is 2.39. The van der Waals surface area contributed by atoms with Gasteiger partial charge in [0.15, 0.2) is 5.90 Å². The lowest BCUT2D eigenvalue weighted by Gasteiger charge is -2.18. The number of halogens is 2. The molecule has 3 aromatic rings. The van der Waals surface area contributed by atoms with Gasteiger partial charge in [-0.3, -0.25) is 0 Å². The second-order valence-corrected chi connectivity index (χ2v) is 11.1. The molecule has 1 aliphatic rings. The Kier molecular flexibility index (Phi) is 8.54. The average Bonchev–Trinajstić information content (AvgIpc) is 3.64. The molecule has 0 atom stereocenters. The first-order valence-corrected chi connectivity index (χ1v) is 12.9. The number of nitrogens with zero attached hydrogens (tertiary/aromatic N) is 1. The summed E-state index contributed by atoms with van der Waals surface area (Å²) in [5, 5.41) is 0. The smallest absolute Gasteiger partial charge is 0.197 e. The van der Waals surface area contributed by atoms with Crippen molar-refractivity contribution >= 4 is 41.4 Å². The summed E-state index contributed by atoms with van der Waals surface area (Å²) in [5.74, 6) is 0.799. The molecule has 0 heterocycles. The fraction of sp³-hybridized carbons (Fsp3) is 0.240. The van der Waals surface area contributed by atoms with Crippen molar-refractivity contribution in [1.82, 2.24) is 0 Å². The van der Waals surface area contributed by atoms with Gasteiger partial charge in [0.05, 0.1) is 11.2 Å². The number of hydrogen-bond donors (Lipinski definition) is 0. The molecule has 0 unspecified atom stereocenters. The zero-order valence-electron chi connectivity index (χ0n) is 17.3. The second kappa shape index (κ2) is 11.8. The molecule has 166 valence electrons. The Balaban J connectivity index is 1.51. The van der Waals surface area contributed by atoms with Crippen molar-refractivity contribution in [3.63, 3.8) is 0 Å². The molecule has 32 heavy (non-hydrogen) atoms. The zero-order chi connectivity index (χ0) is 22.2. The fourth-order valence-corrected chi connectivity index (χ4v) is 5.90. The van der Waals surface area contributed by atoms with E-state index in [4.69, 9.17) is 9.13 Å². The summed E-state index contributed by atoms with van der Waals surface area (Å²) < 4.78 is 37.6.